The molecule has 0 aromatic carbocycles. The molecule has 0 amide bonds. The molecule has 0 aliphatic heterocycles. The summed E-state index contributed by atoms with van der Waals surface area (Å²) in [5, 5.41) is 0. The van der Waals surface area contributed by atoms with Crippen LogP contribution in [0.2, 0.25) is 0 Å². The highest BCUT2D eigenvalue weighted by atomic mass is 35.7. The molecular weight excluding hydrogens is 196 g/mol. The first kappa shape index (κ1) is 12.2. The van der Waals surface area contributed by atoms with Crippen LogP contribution in [-0.4, -0.2) is 14.2 Å². The van der Waals surface area contributed by atoms with E-state index in [9.17, 15) is 8.42 Å². The highest BCUT2D eigenvalue weighted by Gasteiger charge is 2.36. The zero-order valence-corrected chi connectivity index (χ0v) is 9.88. The average molecular weight is 213 g/mol. The second-order valence-electron chi connectivity index (χ2n) is 4.82. The molecular formula is C8H17ClO2S. The van der Waals surface area contributed by atoms with Crippen molar-refractivity contribution in [3.05, 3.63) is 0 Å². The Labute approximate surface area is 79.7 Å². The van der Waals surface area contributed by atoms with Crippen LogP contribution in [0, 0.1) is 10.8 Å². The summed E-state index contributed by atoms with van der Waals surface area (Å²) in [5.41, 5.74) is -0.359. The normalized spacial score (nSPS) is 14.8. The highest BCUT2D eigenvalue weighted by molar-refractivity contribution is 8.13. The van der Waals surface area contributed by atoms with Gasteiger partial charge in [-0.1, -0.05) is 34.6 Å². The Morgan fingerprint density at radius 3 is 1.50 bits per heavy atom. The summed E-state index contributed by atoms with van der Waals surface area (Å²) >= 11 is 0. The molecule has 74 valence electrons. The lowest BCUT2D eigenvalue weighted by Crippen LogP contribution is -2.35. The third-order valence-electron chi connectivity index (χ3n) is 2.56. The minimum atomic E-state index is -3.39. The fraction of sp³-hybridized carbons (Fsp3) is 1.00. The molecule has 12 heavy (non-hydrogen) atoms. The average Bonchev–Trinajstić information content (AvgIpc) is 1.52. The Kier molecular flexibility index (Phi) is 3.25. The molecule has 0 bridgehead atoms. The molecule has 0 saturated carbocycles. The fourth-order valence-electron chi connectivity index (χ4n) is 0.648. The van der Waals surface area contributed by atoms with Gasteiger partial charge in [0.05, 0.1) is 5.75 Å². The van der Waals surface area contributed by atoms with Gasteiger partial charge in [0.15, 0.2) is 0 Å². The summed E-state index contributed by atoms with van der Waals surface area (Å²) in [6.45, 7) is 9.85. The van der Waals surface area contributed by atoms with Crippen LogP contribution < -0.4 is 0 Å². The first-order chi connectivity index (χ1) is 4.96. The van der Waals surface area contributed by atoms with Gasteiger partial charge in [0.1, 0.15) is 0 Å². The molecule has 2 nitrogen and oxygen atoms in total. The van der Waals surface area contributed by atoms with Crippen molar-refractivity contribution in [1.82, 2.24) is 0 Å². The molecule has 0 saturated heterocycles. The Bertz CT molecular complexity index is 247. The van der Waals surface area contributed by atoms with Crippen LogP contribution >= 0.6 is 10.7 Å². The molecule has 0 aliphatic carbocycles. The molecule has 0 spiro atoms. The predicted octanol–water partition coefficient (Wildman–Crippen LogP) is 2.63. The second-order valence-corrected chi connectivity index (χ2v) is 7.59. The van der Waals surface area contributed by atoms with Crippen LogP contribution in [0.3, 0.4) is 0 Å². The molecule has 0 unspecified atom stereocenters. The molecule has 0 atom stereocenters. The lowest BCUT2D eigenvalue weighted by Gasteiger charge is -2.37. The highest BCUT2D eigenvalue weighted by Crippen LogP contribution is 2.39. The molecule has 0 aromatic rings. The molecule has 0 rings (SSSR count). The number of rotatable bonds is 2. The topological polar surface area (TPSA) is 34.1 Å². The standard InChI is InChI=1S/C8H17ClO2S/c1-7(2,3)8(4,5)6-12(9,10)11/h6H2,1-5H3. The summed E-state index contributed by atoms with van der Waals surface area (Å²) < 4.78 is 21.7. The van der Waals surface area contributed by atoms with Gasteiger partial charge in [0.25, 0.3) is 0 Å². The van der Waals surface area contributed by atoms with Crippen molar-refractivity contribution in [2.24, 2.45) is 10.8 Å². The first-order valence-corrected chi connectivity index (χ1v) is 6.36. The fourth-order valence-corrected chi connectivity index (χ4v) is 2.76. The predicted molar refractivity (Wildman–Crippen MR) is 52.9 cm³/mol. The quantitative estimate of drug-likeness (QED) is 0.660. The summed E-state index contributed by atoms with van der Waals surface area (Å²) in [7, 11) is 1.80. The molecule has 0 N–H and O–H groups in total. The monoisotopic (exact) mass is 212 g/mol. The maximum absolute atomic E-state index is 10.9. The van der Waals surface area contributed by atoms with E-state index in [0.29, 0.717) is 0 Å². The SMILES string of the molecule is CC(C)(C)C(C)(C)CS(=O)(=O)Cl. The van der Waals surface area contributed by atoms with E-state index in [1.165, 1.54) is 0 Å². The van der Waals surface area contributed by atoms with Crippen LogP contribution in [0.15, 0.2) is 0 Å². The van der Waals surface area contributed by atoms with Gasteiger partial charge >= 0.3 is 0 Å². The van der Waals surface area contributed by atoms with Crippen LogP contribution in [0.25, 0.3) is 0 Å². The molecule has 0 aliphatic rings. The maximum Gasteiger partial charge on any atom is 0.233 e. The van der Waals surface area contributed by atoms with E-state index >= 15 is 0 Å². The zero-order valence-electron chi connectivity index (χ0n) is 8.31. The van der Waals surface area contributed by atoms with Crippen LogP contribution in [0.4, 0.5) is 0 Å². The number of hydrogen-bond acceptors (Lipinski definition) is 2. The van der Waals surface area contributed by atoms with Gasteiger partial charge < -0.3 is 0 Å². The Morgan fingerprint density at radius 2 is 1.42 bits per heavy atom. The van der Waals surface area contributed by atoms with Crippen molar-refractivity contribution in [1.29, 1.82) is 0 Å². The third-order valence-corrected chi connectivity index (χ3v) is 3.96. The molecule has 0 heterocycles. The summed E-state index contributed by atoms with van der Waals surface area (Å²) in [4.78, 5) is 0. The van der Waals surface area contributed by atoms with E-state index in [1.807, 2.05) is 34.6 Å². The summed E-state index contributed by atoms with van der Waals surface area (Å²) in [5.74, 6) is 0.0189. The van der Waals surface area contributed by atoms with E-state index in [2.05, 4.69) is 0 Å². The van der Waals surface area contributed by atoms with E-state index in [0.717, 1.165) is 0 Å². The zero-order chi connectivity index (χ0) is 10.2. The van der Waals surface area contributed by atoms with Crippen LogP contribution in [0.1, 0.15) is 34.6 Å². The summed E-state index contributed by atoms with van der Waals surface area (Å²) in [6.07, 6.45) is 0. The van der Waals surface area contributed by atoms with Crippen molar-refractivity contribution in [3.63, 3.8) is 0 Å². The summed E-state index contributed by atoms with van der Waals surface area (Å²) in [6, 6.07) is 0. The lowest BCUT2D eigenvalue weighted by molar-refractivity contribution is 0.160. The van der Waals surface area contributed by atoms with Crippen molar-refractivity contribution >= 4 is 19.7 Å². The largest absolute Gasteiger partial charge is 0.233 e. The van der Waals surface area contributed by atoms with Gasteiger partial charge in [-0.2, -0.15) is 0 Å². The third kappa shape index (κ3) is 3.76. The van der Waals surface area contributed by atoms with Gasteiger partial charge in [-0.25, -0.2) is 8.42 Å². The van der Waals surface area contributed by atoms with E-state index in [-0.39, 0.29) is 16.6 Å². The molecule has 0 radical (unpaired) electrons. The first-order valence-electron chi connectivity index (χ1n) is 3.88. The van der Waals surface area contributed by atoms with Crippen molar-refractivity contribution in [3.8, 4) is 0 Å². The number of halogens is 1. The van der Waals surface area contributed by atoms with Gasteiger partial charge in [0.2, 0.25) is 9.05 Å². The Morgan fingerprint density at radius 1 is 1.08 bits per heavy atom. The van der Waals surface area contributed by atoms with Crippen LogP contribution in [-0.2, 0) is 9.05 Å². The maximum atomic E-state index is 10.9. The van der Waals surface area contributed by atoms with E-state index in [1.54, 1.807) is 0 Å². The Balaban J connectivity index is 4.67. The van der Waals surface area contributed by atoms with Gasteiger partial charge in [-0.15, -0.1) is 0 Å². The van der Waals surface area contributed by atoms with E-state index in [4.69, 9.17) is 10.7 Å². The second kappa shape index (κ2) is 3.18. The van der Waals surface area contributed by atoms with Gasteiger partial charge in [0, 0.05) is 10.7 Å². The molecule has 4 heteroatoms. The smallest absolute Gasteiger partial charge is 0.212 e. The minimum absolute atomic E-state index is 0.0189. The van der Waals surface area contributed by atoms with Crippen molar-refractivity contribution in [2.75, 3.05) is 5.75 Å². The van der Waals surface area contributed by atoms with Gasteiger partial charge in [-0.3, -0.25) is 0 Å². The van der Waals surface area contributed by atoms with Crippen molar-refractivity contribution in [2.45, 2.75) is 34.6 Å². The van der Waals surface area contributed by atoms with E-state index < -0.39 is 9.05 Å². The van der Waals surface area contributed by atoms with Crippen LogP contribution in [0.5, 0.6) is 0 Å². The van der Waals surface area contributed by atoms with Crippen molar-refractivity contribution < 1.29 is 8.42 Å². The number of hydrogen-bond donors (Lipinski definition) is 0. The lowest BCUT2D eigenvalue weighted by atomic mass is 9.71. The molecule has 0 aromatic heterocycles. The Hall–Kier alpha value is 0.240. The van der Waals surface area contributed by atoms with Gasteiger partial charge in [-0.05, 0) is 10.8 Å². The minimum Gasteiger partial charge on any atom is -0.212 e. The molecule has 0 fully saturated rings.